The monoisotopic (exact) mass is 784 g/mol. The molecule has 3 fully saturated rings. The van der Waals surface area contributed by atoms with E-state index < -0.39 is 50.9 Å². The summed E-state index contributed by atoms with van der Waals surface area (Å²) in [4.78, 5) is 45.7. The SMILES string of the molecule is CC(C)n1cnc2cc(-c3cnc4c(c3)N(C3CC(C)(N5CCCCC5)C3)C(=O)C4(C)C)nc(Nc3cc(C(=O)NC4(C(F)(F)F)CC4)c(Cl)c(F)c3F)c21. The number of piperidine rings is 1. The van der Waals surface area contributed by atoms with Crippen LogP contribution in [0.15, 0.2) is 30.7 Å². The average molecular weight is 785 g/mol. The van der Waals surface area contributed by atoms with Gasteiger partial charge in [-0.15, -0.1) is 0 Å². The van der Waals surface area contributed by atoms with Gasteiger partial charge in [-0.2, -0.15) is 13.2 Å². The first kappa shape index (κ1) is 37.5. The number of carbonyl (C=O) groups excluding carboxylic acids is 2. The first-order chi connectivity index (χ1) is 25.8. The van der Waals surface area contributed by atoms with Gasteiger partial charge < -0.3 is 20.1 Å². The molecule has 1 aromatic carbocycles. The number of nitrogens with one attached hydrogen (secondary N) is 2. The molecule has 2 aliphatic carbocycles. The summed E-state index contributed by atoms with van der Waals surface area (Å²) in [5, 5.41) is 3.77. The third-order valence-electron chi connectivity index (χ3n) is 12.0. The summed E-state index contributed by atoms with van der Waals surface area (Å²) in [6.07, 6.45) is 3.03. The third-order valence-corrected chi connectivity index (χ3v) is 12.4. The van der Waals surface area contributed by atoms with E-state index in [2.05, 4.69) is 22.1 Å². The lowest BCUT2D eigenvalue weighted by atomic mass is 9.71. The van der Waals surface area contributed by atoms with Crippen LogP contribution in [0.4, 0.5) is 39.1 Å². The predicted molar refractivity (Wildman–Crippen MR) is 199 cm³/mol. The number of benzene rings is 1. The Morgan fingerprint density at radius 2 is 1.69 bits per heavy atom. The molecule has 16 heteroatoms. The van der Waals surface area contributed by atoms with Crippen molar-refractivity contribution in [1.29, 1.82) is 0 Å². The lowest BCUT2D eigenvalue weighted by molar-refractivity contribution is -0.163. The molecule has 292 valence electrons. The van der Waals surface area contributed by atoms with Crippen molar-refractivity contribution in [3.8, 4) is 11.3 Å². The first-order valence-electron chi connectivity index (χ1n) is 18.7. The number of carbonyl (C=O) groups is 2. The molecule has 3 aromatic heterocycles. The Hall–Kier alpha value is -4.37. The molecule has 8 rings (SSSR count). The van der Waals surface area contributed by atoms with E-state index in [1.165, 1.54) is 19.3 Å². The van der Waals surface area contributed by atoms with Crippen LogP contribution in [0.25, 0.3) is 22.3 Å². The van der Waals surface area contributed by atoms with Crippen LogP contribution in [0.2, 0.25) is 5.02 Å². The summed E-state index contributed by atoms with van der Waals surface area (Å²) in [6.45, 7) is 11.9. The van der Waals surface area contributed by atoms with E-state index in [4.69, 9.17) is 21.6 Å². The van der Waals surface area contributed by atoms with Gasteiger partial charge in [-0.05, 0) is 104 Å². The molecule has 2 amide bonds. The molecule has 0 atom stereocenters. The molecule has 4 aromatic rings. The van der Waals surface area contributed by atoms with Gasteiger partial charge in [0.2, 0.25) is 5.91 Å². The molecule has 4 aliphatic rings. The van der Waals surface area contributed by atoms with Gasteiger partial charge in [0.05, 0.1) is 50.6 Å². The molecular formula is C39H42ClF5N8O2. The van der Waals surface area contributed by atoms with E-state index >= 15 is 8.78 Å². The second kappa shape index (κ2) is 12.8. The van der Waals surface area contributed by atoms with E-state index in [9.17, 15) is 22.8 Å². The standard InChI is InChI=1S/C39H42ClF5N8O2/c1-20(2)52-19-47-26-15-24(21-13-27-32(46-18-21)36(3,4)35(55)53(27)22-16-37(5,17-22)51-11-7-6-8-12-51)48-33(31(26)52)49-25-14-23(28(40)30(42)29(25)41)34(54)50-38(9-10-38)39(43,44)45/h13-15,18-20,22H,6-12,16-17H2,1-5H3,(H,48,49)(H,50,54). The Kier molecular flexibility index (Phi) is 8.76. The highest BCUT2D eigenvalue weighted by Gasteiger charge is 2.64. The summed E-state index contributed by atoms with van der Waals surface area (Å²) in [6, 6.07) is 4.33. The van der Waals surface area contributed by atoms with E-state index in [0.29, 0.717) is 33.7 Å². The topological polar surface area (TPSA) is 108 Å². The summed E-state index contributed by atoms with van der Waals surface area (Å²) in [7, 11) is 0. The smallest absolute Gasteiger partial charge is 0.338 e. The number of imidazole rings is 1. The molecule has 0 spiro atoms. The lowest BCUT2D eigenvalue weighted by Crippen LogP contribution is -2.64. The highest BCUT2D eigenvalue weighted by atomic mass is 35.5. The number of pyridine rings is 2. The number of rotatable bonds is 8. The van der Waals surface area contributed by atoms with Crippen molar-refractivity contribution in [2.75, 3.05) is 23.3 Å². The molecular weight excluding hydrogens is 743 g/mol. The molecule has 2 saturated carbocycles. The number of alkyl halides is 3. The Morgan fingerprint density at radius 1 is 1.00 bits per heavy atom. The number of halogens is 6. The number of anilines is 3. The van der Waals surface area contributed by atoms with Crippen molar-refractivity contribution in [2.45, 2.75) is 114 Å². The van der Waals surface area contributed by atoms with Crippen LogP contribution < -0.4 is 15.5 Å². The van der Waals surface area contributed by atoms with Crippen molar-refractivity contribution >= 4 is 51.6 Å². The minimum atomic E-state index is -4.74. The fourth-order valence-electron chi connectivity index (χ4n) is 8.53. The van der Waals surface area contributed by atoms with Gasteiger partial charge in [0, 0.05) is 29.4 Å². The molecule has 2 N–H and O–H groups in total. The van der Waals surface area contributed by atoms with Gasteiger partial charge in [0.25, 0.3) is 5.91 Å². The number of nitrogens with zero attached hydrogens (tertiary/aromatic N) is 6. The lowest BCUT2D eigenvalue weighted by Gasteiger charge is -2.55. The zero-order valence-corrected chi connectivity index (χ0v) is 31.9. The van der Waals surface area contributed by atoms with Gasteiger partial charge in [0.1, 0.15) is 11.1 Å². The Balaban J connectivity index is 1.17. The number of hydrogen-bond donors (Lipinski definition) is 2. The summed E-state index contributed by atoms with van der Waals surface area (Å²) >= 11 is 6.01. The Bertz CT molecular complexity index is 2240. The zero-order chi connectivity index (χ0) is 39.4. The van der Waals surface area contributed by atoms with Crippen LogP contribution in [0.5, 0.6) is 0 Å². The van der Waals surface area contributed by atoms with Crippen LogP contribution in [-0.2, 0) is 10.2 Å². The van der Waals surface area contributed by atoms with Crippen molar-refractivity contribution < 1.29 is 31.5 Å². The number of aromatic nitrogens is 4. The minimum absolute atomic E-state index is 0.00786. The maximum atomic E-state index is 15.6. The normalized spacial score (nSPS) is 23.2. The van der Waals surface area contributed by atoms with Crippen molar-refractivity contribution in [3.63, 3.8) is 0 Å². The largest absolute Gasteiger partial charge is 0.411 e. The van der Waals surface area contributed by atoms with Crippen molar-refractivity contribution in [1.82, 2.24) is 29.7 Å². The fraction of sp³-hybridized carbons (Fsp3) is 0.513. The highest BCUT2D eigenvalue weighted by Crippen LogP contribution is 2.51. The molecule has 0 radical (unpaired) electrons. The predicted octanol–water partition coefficient (Wildman–Crippen LogP) is 8.61. The second-order valence-corrected chi connectivity index (χ2v) is 16.9. The van der Waals surface area contributed by atoms with Crippen LogP contribution in [0.1, 0.15) is 102 Å². The number of likely N-dealkylation sites (tertiary alicyclic amines) is 1. The molecule has 0 unspecified atom stereocenters. The second-order valence-electron chi connectivity index (χ2n) is 16.5. The number of hydrogen-bond acceptors (Lipinski definition) is 7. The molecule has 10 nitrogen and oxygen atoms in total. The molecule has 0 bridgehead atoms. The molecule has 1 saturated heterocycles. The summed E-state index contributed by atoms with van der Waals surface area (Å²) in [5.74, 6) is -4.36. The van der Waals surface area contributed by atoms with E-state index in [1.807, 2.05) is 44.0 Å². The Morgan fingerprint density at radius 3 is 2.33 bits per heavy atom. The maximum Gasteiger partial charge on any atom is 0.411 e. The van der Waals surface area contributed by atoms with Crippen LogP contribution in [-0.4, -0.2) is 72.6 Å². The van der Waals surface area contributed by atoms with Crippen molar-refractivity contribution in [3.05, 3.63) is 58.6 Å². The maximum absolute atomic E-state index is 15.6. The molecule has 55 heavy (non-hydrogen) atoms. The summed E-state index contributed by atoms with van der Waals surface area (Å²) < 4.78 is 73.6. The summed E-state index contributed by atoms with van der Waals surface area (Å²) in [5.41, 5.74) is -1.43. The average Bonchev–Trinajstić information content (AvgIpc) is 3.74. The third kappa shape index (κ3) is 6.03. The van der Waals surface area contributed by atoms with E-state index in [-0.39, 0.29) is 42.2 Å². The molecule has 5 heterocycles. The van der Waals surface area contributed by atoms with Crippen LogP contribution in [0.3, 0.4) is 0 Å². The quantitative estimate of drug-likeness (QED) is 0.136. The highest BCUT2D eigenvalue weighted by molar-refractivity contribution is 6.34. The van der Waals surface area contributed by atoms with Gasteiger partial charge in [0.15, 0.2) is 17.5 Å². The minimum Gasteiger partial charge on any atom is -0.338 e. The molecule has 2 aliphatic heterocycles. The van der Waals surface area contributed by atoms with Gasteiger partial charge in [-0.1, -0.05) is 18.0 Å². The van der Waals surface area contributed by atoms with Crippen LogP contribution in [0, 0.1) is 11.6 Å². The number of amides is 2. The Labute approximate surface area is 319 Å². The van der Waals surface area contributed by atoms with Gasteiger partial charge in [-0.3, -0.25) is 19.5 Å². The van der Waals surface area contributed by atoms with Gasteiger partial charge >= 0.3 is 6.18 Å². The zero-order valence-electron chi connectivity index (χ0n) is 31.2. The van der Waals surface area contributed by atoms with E-state index in [1.54, 1.807) is 23.2 Å². The van der Waals surface area contributed by atoms with Gasteiger partial charge in [-0.25, -0.2) is 18.7 Å². The van der Waals surface area contributed by atoms with Crippen molar-refractivity contribution in [2.24, 2.45) is 0 Å². The fourth-order valence-corrected chi connectivity index (χ4v) is 8.75. The van der Waals surface area contributed by atoms with Crippen LogP contribution >= 0.6 is 11.6 Å². The first-order valence-corrected chi connectivity index (χ1v) is 19.0. The number of fused-ring (bicyclic) bond motifs is 2. The van der Waals surface area contributed by atoms with E-state index in [0.717, 1.165) is 32.0 Å².